The van der Waals surface area contributed by atoms with Crippen molar-refractivity contribution >= 4 is 17.4 Å². The zero-order valence-electron chi connectivity index (χ0n) is 19.8. The summed E-state index contributed by atoms with van der Waals surface area (Å²) in [6.45, 7) is 11.8. The Kier molecular flexibility index (Phi) is 8.43. The molecule has 0 bridgehead atoms. The summed E-state index contributed by atoms with van der Waals surface area (Å²) in [7, 11) is 0. The minimum absolute atomic E-state index is 0.0296. The minimum atomic E-state index is -0.173. The Morgan fingerprint density at radius 1 is 1.10 bits per heavy atom. The number of unbranched alkanes of at least 4 members (excludes halogenated alkanes) is 2. The number of hydrogen-bond acceptors (Lipinski definition) is 3. The first kappa shape index (κ1) is 24.6. The van der Waals surface area contributed by atoms with Crippen molar-refractivity contribution in [3.63, 3.8) is 0 Å². The van der Waals surface area contributed by atoms with Crippen molar-refractivity contribution in [1.82, 2.24) is 0 Å². The van der Waals surface area contributed by atoms with Crippen LogP contribution in [0.15, 0.2) is 36.4 Å². The number of carbonyl (C=O) groups is 2. The van der Waals surface area contributed by atoms with Gasteiger partial charge in [0.2, 0.25) is 5.91 Å². The molecule has 4 heteroatoms. The van der Waals surface area contributed by atoms with Crippen molar-refractivity contribution in [2.24, 2.45) is 0 Å². The molecule has 0 aliphatic heterocycles. The Labute approximate surface area is 187 Å². The van der Waals surface area contributed by atoms with Crippen molar-refractivity contribution in [2.75, 3.05) is 5.32 Å². The summed E-state index contributed by atoms with van der Waals surface area (Å²) in [6, 6.07) is 11.3. The van der Waals surface area contributed by atoms with Crippen LogP contribution in [0.4, 0.5) is 5.69 Å². The Balaban J connectivity index is 2.31. The van der Waals surface area contributed by atoms with Crippen molar-refractivity contribution in [1.29, 1.82) is 0 Å². The predicted octanol–water partition coefficient (Wildman–Crippen LogP) is 6.89. The second-order valence-electron chi connectivity index (χ2n) is 9.52. The number of hydrogen-bond donors (Lipinski definition) is 2. The largest absolute Gasteiger partial charge is 0.507 e. The van der Waals surface area contributed by atoms with Gasteiger partial charge in [-0.1, -0.05) is 77.3 Å². The molecule has 2 N–H and O–H groups in total. The van der Waals surface area contributed by atoms with Gasteiger partial charge in [-0.15, -0.1) is 0 Å². The number of benzene rings is 2. The first-order chi connectivity index (χ1) is 14.5. The second kappa shape index (κ2) is 10.6. The number of aryl methyl sites for hydroxylation is 1. The van der Waals surface area contributed by atoms with E-state index >= 15 is 0 Å². The summed E-state index contributed by atoms with van der Waals surface area (Å²) in [5.74, 6) is 0.0953. The van der Waals surface area contributed by atoms with E-state index in [4.69, 9.17) is 0 Å². The zero-order chi connectivity index (χ0) is 23.2. The molecule has 0 aliphatic carbocycles. The zero-order valence-corrected chi connectivity index (χ0v) is 19.8. The average molecular weight is 424 g/mol. The van der Waals surface area contributed by atoms with Crippen LogP contribution in [0, 0.1) is 6.92 Å². The molecule has 4 nitrogen and oxygen atoms in total. The molecule has 2 rings (SSSR count). The summed E-state index contributed by atoms with van der Waals surface area (Å²) in [6.07, 6.45) is 4.34. The van der Waals surface area contributed by atoms with Crippen molar-refractivity contribution in [3.05, 3.63) is 58.7 Å². The fourth-order valence-corrected chi connectivity index (χ4v) is 3.97. The molecular formula is C27H37NO3. The van der Waals surface area contributed by atoms with E-state index in [1.807, 2.05) is 37.3 Å². The van der Waals surface area contributed by atoms with Crippen LogP contribution < -0.4 is 5.32 Å². The number of nitrogens with one attached hydrogen (secondary N) is 1. The van der Waals surface area contributed by atoms with Gasteiger partial charge in [0, 0.05) is 17.7 Å². The lowest BCUT2D eigenvalue weighted by molar-refractivity contribution is -0.116. The molecule has 168 valence electrons. The molecule has 0 spiro atoms. The number of Topliss-reactive ketones (excluding diaryl/α,β-unsaturated/α-hetero) is 1. The highest BCUT2D eigenvalue weighted by Gasteiger charge is 2.23. The second-order valence-corrected chi connectivity index (χ2v) is 9.52. The number of para-hydroxylation sites is 1. The van der Waals surface area contributed by atoms with Gasteiger partial charge >= 0.3 is 0 Å². The van der Waals surface area contributed by atoms with Gasteiger partial charge in [0.1, 0.15) is 5.75 Å². The first-order valence-electron chi connectivity index (χ1n) is 11.3. The Hall–Kier alpha value is -2.62. The van der Waals surface area contributed by atoms with Crippen LogP contribution in [-0.2, 0) is 10.2 Å². The maximum atomic E-state index is 13.1. The summed E-state index contributed by atoms with van der Waals surface area (Å²) in [4.78, 5) is 25.0. The number of carbonyl (C=O) groups excluding carboxylic acids is 2. The van der Waals surface area contributed by atoms with Gasteiger partial charge in [-0.2, -0.15) is 0 Å². The molecule has 0 saturated carbocycles. The van der Waals surface area contributed by atoms with E-state index in [2.05, 4.69) is 33.0 Å². The topological polar surface area (TPSA) is 66.4 Å². The van der Waals surface area contributed by atoms with Crippen LogP contribution in [0.25, 0.3) is 0 Å². The average Bonchev–Trinajstić information content (AvgIpc) is 2.68. The van der Waals surface area contributed by atoms with Gasteiger partial charge < -0.3 is 10.4 Å². The number of phenols is 1. The Morgan fingerprint density at radius 2 is 1.81 bits per heavy atom. The molecule has 1 amide bonds. The predicted molar refractivity (Wildman–Crippen MR) is 128 cm³/mol. The number of aromatic hydroxyl groups is 1. The van der Waals surface area contributed by atoms with Crippen LogP contribution >= 0.6 is 0 Å². The maximum Gasteiger partial charge on any atom is 0.224 e. The third kappa shape index (κ3) is 6.68. The molecule has 1 unspecified atom stereocenters. The SMILES string of the molecule is CCCCCC(CC(=O)Nc1cc(C(C)=O)ccc1C(C)(C)C)c1cccc(C)c1O. The van der Waals surface area contributed by atoms with Crippen molar-refractivity contribution < 1.29 is 14.7 Å². The molecule has 31 heavy (non-hydrogen) atoms. The van der Waals surface area contributed by atoms with Gasteiger partial charge in [0.15, 0.2) is 5.78 Å². The molecule has 2 aromatic rings. The van der Waals surface area contributed by atoms with E-state index in [-0.39, 0.29) is 35.2 Å². The molecular weight excluding hydrogens is 386 g/mol. The van der Waals surface area contributed by atoms with E-state index in [1.165, 1.54) is 6.92 Å². The number of anilines is 1. The molecule has 0 aromatic heterocycles. The van der Waals surface area contributed by atoms with Gasteiger partial charge in [-0.05, 0) is 54.4 Å². The van der Waals surface area contributed by atoms with E-state index in [0.29, 0.717) is 11.3 Å². The molecule has 0 aliphatic rings. The van der Waals surface area contributed by atoms with Gasteiger partial charge in [-0.3, -0.25) is 9.59 Å². The molecule has 1 atom stereocenters. The lowest BCUT2D eigenvalue weighted by atomic mass is 9.84. The van der Waals surface area contributed by atoms with Gasteiger partial charge in [0.25, 0.3) is 0 Å². The molecule has 0 fully saturated rings. The molecule has 0 radical (unpaired) electrons. The summed E-state index contributed by atoms with van der Waals surface area (Å²) >= 11 is 0. The molecule has 0 heterocycles. The quantitative estimate of drug-likeness (QED) is 0.341. The fourth-order valence-electron chi connectivity index (χ4n) is 3.97. The van der Waals surface area contributed by atoms with Crippen LogP contribution in [0.3, 0.4) is 0 Å². The van der Waals surface area contributed by atoms with E-state index < -0.39 is 0 Å². The number of rotatable bonds is 9. The lowest BCUT2D eigenvalue weighted by Gasteiger charge is -2.24. The van der Waals surface area contributed by atoms with Crippen LogP contribution in [-0.4, -0.2) is 16.8 Å². The van der Waals surface area contributed by atoms with E-state index in [1.54, 1.807) is 6.07 Å². The number of phenolic OH excluding ortho intramolecular Hbond substituents is 1. The minimum Gasteiger partial charge on any atom is -0.507 e. The standard InChI is InChI=1S/C27H37NO3/c1-7-8-9-12-21(22-13-10-11-18(2)26(22)31)17-25(30)28-24-16-20(19(3)29)14-15-23(24)27(4,5)6/h10-11,13-16,21,31H,7-9,12,17H2,1-6H3,(H,28,30). The summed E-state index contributed by atoms with van der Waals surface area (Å²) in [5.41, 5.74) is 3.74. The Bertz CT molecular complexity index is 925. The third-order valence-electron chi connectivity index (χ3n) is 5.80. The fraction of sp³-hybridized carbons (Fsp3) is 0.481. The number of amides is 1. The molecule has 0 saturated heterocycles. The summed E-state index contributed by atoms with van der Waals surface area (Å²) < 4.78 is 0. The van der Waals surface area contributed by atoms with Crippen molar-refractivity contribution in [3.8, 4) is 5.75 Å². The third-order valence-corrected chi connectivity index (χ3v) is 5.80. The van der Waals surface area contributed by atoms with Crippen molar-refractivity contribution in [2.45, 2.75) is 85.0 Å². The smallest absolute Gasteiger partial charge is 0.224 e. The number of ketones is 1. The van der Waals surface area contributed by atoms with Crippen LogP contribution in [0.1, 0.15) is 99.7 Å². The van der Waals surface area contributed by atoms with Crippen LogP contribution in [0.2, 0.25) is 0 Å². The van der Waals surface area contributed by atoms with Crippen LogP contribution in [0.5, 0.6) is 5.75 Å². The lowest BCUT2D eigenvalue weighted by Crippen LogP contribution is -2.21. The van der Waals surface area contributed by atoms with Gasteiger partial charge in [-0.25, -0.2) is 0 Å². The van der Waals surface area contributed by atoms with Gasteiger partial charge in [0.05, 0.1) is 0 Å². The highest BCUT2D eigenvalue weighted by molar-refractivity contribution is 5.98. The Morgan fingerprint density at radius 3 is 2.42 bits per heavy atom. The molecule has 2 aromatic carbocycles. The van der Waals surface area contributed by atoms with E-state index in [0.717, 1.165) is 42.4 Å². The highest BCUT2D eigenvalue weighted by Crippen LogP contribution is 2.35. The maximum absolute atomic E-state index is 13.1. The normalized spacial score (nSPS) is 12.5. The monoisotopic (exact) mass is 423 g/mol. The highest BCUT2D eigenvalue weighted by atomic mass is 16.3. The van der Waals surface area contributed by atoms with E-state index in [9.17, 15) is 14.7 Å². The summed E-state index contributed by atoms with van der Waals surface area (Å²) in [5, 5.41) is 13.7. The first-order valence-corrected chi connectivity index (χ1v) is 11.3.